The lowest BCUT2D eigenvalue weighted by molar-refractivity contribution is -0.130. The molecule has 9 nitrogen and oxygen atoms in total. The molecule has 6 rings (SSSR count). The highest BCUT2D eigenvalue weighted by Gasteiger charge is 2.71. The lowest BCUT2D eigenvalue weighted by Crippen LogP contribution is -2.54. The molecule has 2 aromatic rings. The van der Waals surface area contributed by atoms with E-state index in [1.165, 1.54) is 0 Å². The fourth-order valence-electron chi connectivity index (χ4n) is 5.53. The van der Waals surface area contributed by atoms with E-state index in [2.05, 4.69) is 10.6 Å². The van der Waals surface area contributed by atoms with Gasteiger partial charge in [-0.2, -0.15) is 0 Å². The maximum atomic E-state index is 13.8. The van der Waals surface area contributed by atoms with E-state index in [0.29, 0.717) is 41.7 Å². The van der Waals surface area contributed by atoms with Crippen LogP contribution in [-0.4, -0.2) is 48.2 Å². The third-order valence-corrected chi connectivity index (χ3v) is 6.86. The van der Waals surface area contributed by atoms with E-state index >= 15 is 0 Å². The lowest BCUT2D eigenvalue weighted by atomic mass is 9.76. The number of carbonyl (C=O) groups is 3. The summed E-state index contributed by atoms with van der Waals surface area (Å²) in [4.78, 5) is 41.8. The van der Waals surface area contributed by atoms with Crippen LogP contribution in [0.4, 0.5) is 11.4 Å². The van der Waals surface area contributed by atoms with Gasteiger partial charge in [0.05, 0.1) is 23.6 Å². The van der Waals surface area contributed by atoms with Crippen molar-refractivity contribution in [1.82, 2.24) is 5.32 Å². The summed E-state index contributed by atoms with van der Waals surface area (Å²) in [5, 5.41) is 16.5. The first kappa shape index (κ1) is 19.3. The van der Waals surface area contributed by atoms with Crippen LogP contribution in [0.5, 0.6) is 11.5 Å². The molecular formula is C23H21N3O6. The number of benzene rings is 2. The second-order valence-corrected chi connectivity index (χ2v) is 8.56. The van der Waals surface area contributed by atoms with Crippen LogP contribution in [0.3, 0.4) is 0 Å². The molecule has 164 valence electrons. The molecule has 2 saturated heterocycles. The highest BCUT2D eigenvalue weighted by Crippen LogP contribution is 2.54. The highest BCUT2D eigenvalue weighted by atomic mass is 16.6. The van der Waals surface area contributed by atoms with Crippen molar-refractivity contribution in [3.8, 4) is 11.5 Å². The quantitative estimate of drug-likeness (QED) is 0.597. The summed E-state index contributed by atoms with van der Waals surface area (Å²) < 4.78 is 11.2. The fraction of sp³-hybridized carbons (Fsp3) is 0.348. The van der Waals surface area contributed by atoms with Gasteiger partial charge < -0.3 is 19.9 Å². The Morgan fingerprint density at radius 2 is 1.81 bits per heavy atom. The number of hydrogen-bond acceptors (Lipinski definition) is 7. The number of fused-ring (bicyclic) bond motifs is 5. The van der Waals surface area contributed by atoms with Crippen LogP contribution < -0.4 is 25.0 Å². The van der Waals surface area contributed by atoms with Gasteiger partial charge >= 0.3 is 0 Å². The third kappa shape index (κ3) is 2.32. The number of anilines is 2. The number of imide groups is 1. The van der Waals surface area contributed by atoms with Gasteiger partial charge in [0.15, 0.2) is 11.5 Å². The molecule has 1 spiro atoms. The van der Waals surface area contributed by atoms with Gasteiger partial charge in [-0.1, -0.05) is 18.2 Å². The Kier molecular flexibility index (Phi) is 3.94. The standard InChI is InChI=1S/C23H21N3O6/c1-11(27)19-17-18(23(25-19)13-4-2-3-5-14(13)24-22(23)30)21(29)26(20(17)28)12-6-7-15-16(10-12)32-9-8-31-15/h2-7,10-11,17-19,25,27H,8-9H2,1H3,(H,24,30)/t11-,17+,18-,19+,23-/m0/s1. The van der Waals surface area contributed by atoms with Gasteiger partial charge in [0.2, 0.25) is 17.7 Å². The summed E-state index contributed by atoms with van der Waals surface area (Å²) in [5.41, 5.74) is 0.115. The van der Waals surface area contributed by atoms with Crippen molar-refractivity contribution in [3.63, 3.8) is 0 Å². The second kappa shape index (κ2) is 6.54. The molecular weight excluding hydrogens is 414 g/mol. The van der Waals surface area contributed by atoms with Gasteiger partial charge in [-0.05, 0) is 25.1 Å². The molecule has 2 aromatic carbocycles. The van der Waals surface area contributed by atoms with Crippen molar-refractivity contribution < 1.29 is 29.0 Å². The summed E-state index contributed by atoms with van der Waals surface area (Å²) in [6.45, 7) is 2.35. The Balaban J connectivity index is 1.49. The number of carbonyl (C=O) groups excluding carboxylic acids is 3. The van der Waals surface area contributed by atoms with E-state index in [0.717, 1.165) is 4.90 Å². The summed E-state index contributed by atoms with van der Waals surface area (Å²) >= 11 is 0. The zero-order valence-electron chi connectivity index (χ0n) is 17.2. The van der Waals surface area contributed by atoms with Crippen LogP contribution in [0.2, 0.25) is 0 Å². The predicted molar refractivity (Wildman–Crippen MR) is 112 cm³/mol. The number of amides is 3. The van der Waals surface area contributed by atoms with Crippen LogP contribution in [0, 0.1) is 11.8 Å². The van der Waals surface area contributed by atoms with Crippen molar-refractivity contribution in [2.24, 2.45) is 11.8 Å². The topological polar surface area (TPSA) is 117 Å². The average molecular weight is 435 g/mol. The van der Waals surface area contributed by atoms with Crippen molar-refractivity contribution in [1.29, 1.82) is 0 Å². The number of nitrogens with one attached hydrogen (secondary N) is 2. The SMILES string of the molecule is C[C@H](O)[C@H]1N[C@]2(C(=O)Nc3ccccc32)[C@@H]2C(=O)N(c3ccc4c(c3)OCCO4)C(=O)[C@@H]12. The van der Waals surface area contributed by atoms with Crippen LogP contribution in [0.15, 0.2) is 42.5 Å². The smallest absolute Gasteiger partial charge is 0.250 e. The van der Waals surface area contributed by atoms with Crippen LogP contribution >= 0.6 is 0 Å². The Hall–Kier alpha value is -3.43. The van der Waals surface area contributed by atoms with E-state index in [-0.39, 0.29) is 0 Å². The minimum Gasteiger partial charge on any atom is -0.486 e. The Bertz CT molecular complexity index is 1180. The van der Waals surface area contributed by atoms with Crippen molar-refractivity contribution >= 4 is 29.1 Å². The third-order valence-electron chi connectivity index (χ3n) is 6.86. The number of hydrogen-bond donors (Lipinski definition) is 3. The zero-order valence-corrected chi connectivity index (χ0v) is 17.2. The zero-order chi connectivity index (χ0) is 22.2. The predicted octanol–water partition coefficient (Wildman–Crippen LogP) is 0.764. The van der Waals surface area contributed by atoms with Crippen LogP contribution in [0.25, 0.3) is 0 Å². The Morgan fingerprint density at radius 3 is 2.59 bits per heavy atom. The van der Waals surface area contributed by atoms with Gasteiger partial charge in [0, 0.05) is 23.4 Å². The lowest BCUT2D eigenvalue weighted by Gasteiger charge is -2.30. The van der Waals surface area contributed by atoms with Gasteiger partial charge in [0.1, 0.15) is 18.8 Å². The summed E-state index contributed by atoms with van der Waals surface area (Å²) in [6.07, 6.45) is -0.959. The van der Waals surface area contributed by atoms with E-state index < -0.39 is 47.2 Å². The molecule has 0 unspecified atom stereocenters. The van der Waals surface area contributed by atoms with E-state index in [9.17, 15) is 19.5 Å². The first-order valence-electron chi connectivity index (χ1n) is 10.6. The highest BCUT2D eigenvalue weighted by molar-refractivity contribution is 6.26. The van der Waals surface area contributed by atoms with Crippen LogP contribution in [0.1, 0.15) is 12.5 Å². The molecule has 0 radical (unpaired) electrons. The summed E-state index contributed by atoms with van der Waals surface area (Å²) in [5.74, 6) is -2.23. The molecule has 4 aliphatic rings. The van der Waals surface area contributed by atoms with Crippen molar-refractivity contribution in [2.45, 2.75) is 24.6 Å². The molecule has 4 heterocycles. The number of para-hydroxylation sites is 1. The Labute approximate surface area is 183 Å². The molecule has 3 amide bonds. The van der Waals surface area contributed by atoms with Crippen molar-refractivity contribution in [2.75, 3.05) is 23.4 Å². The maximum absolute atomic E-state index is 13.8. The Morgan fingerprint density at radius 1 is 1.06 bits per heavy atom. The average Bonchev–Trinajstić information content (AvgIpc) is 3.38. The first-order valence-corrected chi connectivity index (χ1v) is 10.6. The number of rotatable bonds is 2. The number of ether oxygens (including phenoxy) is 2. The first-order chi connectivity index (χ1) is 15.4. The molecule has 0 aliphatic carbocycles. The molecule has 0 aromatic heterocycles. The largest absolute Gasteiger partial charge is 0.486 e. The van der Waals surface area contributed by atoms with Gasteiger partial charge in [-0.3, -0.25) is 19.7 Å². The van der Waals surface area contributed by atoms with Crippen molar-refractivity contribution in [3.05, 3.63) is 48.0 Å². The molecule has 5 atom stereocenters. The minimum absolute atomic E-state index is 0.352. The maximum Gasteiger partial charge on any atom is 0.250 e. The number of nitrogens with zero attached hydrogens (tertiary/aromatic N) is 1. The fourth-order valence-corrected chi connectivity index (χ4v) is 5.53. The molecule has 4 aliphatic heterocycles. The van der Waals surface area contributed by atoms with Gasteiger partial charge in [-0.25, -0.2) is 4.90 Å². The van der Waals surface area contributed by atoms with E-state index in [1.54, 1.807) is 49.4 Å². The second-order valence-electron chi connectivity index (χ2n) is 8.56. The summed E-state index contributed by atoms with van der Waals surface area (Å²) in [7, 11) is 0. The number of aliphatic hydroxyl groups is 1. The molecule has 3 N–H and O–H groups in total. The van der Waals surface area contributed by atoms with Crippen LogP contribution in [-0.2, 0) is 19.9 Å². The van der Waals surface area contributed by atoms with E-state index in [1.807, 2.05) is 0 Å². The normalized spacial score (nSPS) is 31.0. The molecule has 0 saturated carbocycles. The monoisotopic (exact) mass is 435 g/mol. The van der Waals surface area contributed by atoms with E-state index in [4.69, 9.17) is 9.47 Å². The summed E-state index contributed by atoms with van der Waals surface area (Å²) in [6, 6.07) is 11.2. The molecule has 9 heteroatoms. The minimum atomic E-state index is -1.43. The molecule has 32 heavy (non-hydrogen) atoms. The van der Waals surface area contributed by atoms with Gasteiger partial charge in [0.25, 0.3) is 0 Å². The molecule has 2 fully saturated rings. The van der Waals surface area contributed by atoms with Gasteiger partial charge in [-0.15, -0.1) is 0 Å². The number of aliphatic hydroxyl groups excluding tert-OH is 1. The molecule has 0 bridgehead atoms.